The first-order valence-corrected chi connectivity index (χ1v) is 13.4. The predicted octanol–water partition coefficient (Wildman–Crippen LogP) is 4.14. The van der Waals surface area contributed by atoms with Crippen LogP contribution in [-0.4, -0.2) is 28.9 Å². The maximum atomic E-state index is 14.4. The lowest BCUT2D eigenvalue weighted by Gasteiger charge is -2.52. The zero-order chi connectivity index (χ0) is 29.2. The Hall–Kier alpha value is -5.64. The van der Waals surface area contributed by atoms with E-state index in [0.717, 1.165) is 27.2 Å². The van der Waals surface area contributed by atoms with Gasteiger partial charge in [0.25, 0.3) is 11.6 Å². The highest BCUT2D eigenvalue weighted by atomic mass is 16.6. The van der Waals surface area contributed by atoms with E-state index in [4.69, 9.17) is 5.73 Å². The van der Waals surface area contributed by atoms with E-state index in [9.17, 15) is 24.5 Å². The molecule has 10 heteroatoms. The van der Waals surface area contributed by atoms with E-state index in [2.05, 4.69) is 10.5 Å². The van der Waals surface area contributed by atoms with Crippen molar-refractivity contribution in [3.8, 4) is 0 Å². The largest absolute Gasteiger partial charge is 0.398 e. The van der Waals surface area contributed by atoms with Crippen LogP contribution >= 0.6 is 0 Å². The number of hydrogen-bond acceptors (Lipinski definition) is 7. The smallest absolute Gasteiger partial charge is 0.293 e. The first-order valence-electron chi connectivity index (χ1n) is 13.4. The van der Waals surface area contributed by atoms with Crippen molar-refractivity contribution in [2.24, 2.45) is 16.9 Å². The second-order valence-electron chi connectivity index (χ2n) is 10.6. The molecule has 3 aliphatic carbocycles. The number of nitro benzene ring substituents is 1. The van der Waals surface area contributed by atoms with Gasteiger partial charge in [-0.05, 0) is 40.5 Å². The summed E-state index contributed by atoms with van der Waals surface area (Å²) in [6.45, 7) is 0. The molecule has 0 spiro atoms. The number of amides is 3. The fraction of sp³-hybridized carbons (Fsp3) is 0.125. The van der Waals surface area contributed by atoms with Gasteiger partial charge in [0.15, 0.2) is 0 Å². The van der Waals surface area contributed by atoms with Gasteiger partial charge >= 0.3 is 0 Å². The third kappa shape index (κ3) is 3.32. The van der Waals surface area contributed by atoms with Crippen LogP contribution in [0.5, 0.6) is 0 Å². The van der Waals surface area contributed by atoms with Crippen molar-refractivity contribution in [1.82, 2.24) is 5.43 Å². The molecular weight excluding hydrogens is 534 g/mol. The van der Waals surface area contributed by atoms with Gasteiger partial charge < -0.3 is 5.73 Å². The summed E-state index contributed by atoms with van der Waals surface area (Å²) < 4.78 is 0. The zero-order valence-electron chi connectivity index (χ0n) is 22.0. The van der Waals surface area contributed by atoms with Gasteiger partial charge in [0.1, 0.15) is 5.69 Å². The molecule has 4 aromatic carbocycles. The van der Waals surface area contributed by atoms with Crippen LogP contribution in [0.15, 0.2) is 102 Å². The number of nitro groups is 1. The average molecular weight is 558 g/mol. The number of hydrazone groups is 1. The Morgan fingerprint density at radius 3 is 2.14 bits per heavy atom. The van der Waals surface area contributed by atoms with E-state index < -0.39 is 45.8 Å². The van der Waals surface area contributed by atoms with E-state index in [-0.39, 0.29) is 22.6 Å². The molecule has 0 aromatic heterocycles. The van der Waals surface area contributed by atoms with Crippen molar-refractivity contribution >= 4 is 41.0 Å². The molecule has 42 heavy (non-hydrogen) atoms. The predicted molar refractivity (Wildman–Crippen MR) is 155 cm³/mol. The summed E-state index contributed by atoms with van der Waals surface area (Å²) in [5.74, 6) is -3.83. The van der Waals surface area contributed by atoms with Crippen LogP contribution in [0.25, 0.3) is 0 Å². The third-order valence-corrected chi connectivity index (χ3v) is 8.64. The number of hydrogen-bond donors (Lipinski definition) is 2. The number of nitrogens with one attached hydrogen (secondary N) is 1. The van der Waals surface area contributed by atoms with E-state index in [1.165, 1.54) is 24.4 Å². The van der Waals surface area contributed by atoms with Gasteiger partial charge in [0, 0.05) is 23.9 Å². The average Bonchev–Trinajstić information content (AvgIpc) is 3.27. The van der Waals surface area contributed by atoms with E-state index in [1.54, 1.807) is 30.3 Å². The van der Waals surface area contributed by atoms with Gasteiger partial charge in [-0.25, -0.2) is 10.3 Å². The Kier molecular flexibility index (Phi) is 5.55. The summed E-state index contributed by atoms with van der Waals surface area (Å²) in [7, 11) is 0. The van der Waals surface area contributed by atoms with Crippen molar-refractivity contribution in [3.63, 3.8) is 0 Å². The first-order chi connectivity index (χ1) is 20.4. The summed E-state index contributed by atoms with van der Waals surface area (Å²) >= 11 is 0. The van der Waals surface area contributed by atoms with Gasteiger partial charge in [0.2, 0.25) is 11.8 Å². The highest BCUT2D eigenvalue weighted by Gasteiger charge is 2.68. The number of nitrogen functional groups attached to an aromatic ring is 1. The van der Waals surface area contributed by atoms with Crippen molar-refractivity contribution in [3.05, 3.63) is 135 Å². The monoisotopic (exact) mass is 557 g/mol. The van der Waals surface area contributed by atoms with Crippen molar-refractivity contribution in [1.29, 1.82) is 0 Å². The molecule has 0 saturated carbocycles. The fourth-order valence-corrected chi connectivity index (χ4v) is 7.05. The Labute approximate surface area is 239 Å². The molecule has 4 aliphatic rings. The van der Waals surface area contributed by atoms with Crippen LogP contribution in [-0.2, 0) is 15.0 Å². The Morgan fingerprint density at radius 1 is 0.881 bits per heavy atom. The number of benzene rings is 4. The molecule has 3 N–H and O–H groups in total. The molecule has 2 bridgehead atoms. The molecule has 10 nitrogen and oxygen atoms in total. The second kappa shape index (κ2) is 9.20. The van der Waals surface area contributed by atoms with Gasteiger partial charge in [-0.3, -0.25) is 24.5 Å². The summed E-state index contributed by atoms with van der Waals surface area (Å²) in [5.41, 5.74) is 10.7. The van der Waals surface area contributed by atoms with Crippen LogP contribution in [0.4, 0.5) is 17.1 Å². The molecular formula is C32H23N5O5. The molecule has 0 radical (unpaired) electrons. The SMILES string of the molecule is Nc1ccccc1C(=O)N/N=C\C12c3ccccc3C(c3ccccc31)[C@@H]1C(=O)N(c3ccccc3[N+](=O)[O-])C(=O)[C@H]12. The van der Waals surface area contributed by atoms with Crippen LogP contribution in [0.2, 0.25) is 0 Å². The van der Waals surface area contributed by atoms with Gasteiger partial charge in [-0.2, -0.15) is 5.10 Å². The standard InChI is InChI=1S/C32H23N5O5/c33-23-14-6-3-11-20(23)29(38)35-34-17-32-21-12-4-1-9-18(21)26(19-10-2-5-13-22(19)32)27-28(32)31(40)36(30(27)39)24-15-7-8-16-25(24)37(41)42/h1-17,26-28H,33H2,(H,35,38)/b34-17-/t26?,27-,28-,32?/m0/s1. The molecule has 2 atom stereocenters. The number of nitrogens with two attached hydrogens (primary N) is 1. The lowest BCUT2D eigenvalue weighted by molar-refractivity contribution is -0.384. The zero-order valence-corrected chi connectivity index (χ0v) is 22.0. The van der Waals surface area contributed by atoms with Crippen molar-refractivity contribution in [2.75, 3.05) is 10.6 Å². The molecule has 1 saturated heterocycles. The van der Waals surface area contributed by atoms with Crippen LogP contribution in [0.3, 0.4) is 0 Å². The Bertz CT molecular complexity index is 1820. The third-order valence-electron chi connectivity index (χ3n) is 8.64. The van der Waals surface area contributed by atoms with Crippen molar-refractivity contribution < 1.29 is 19.3 Å². The van der Waals surface area contributed by atoms with E-state index >= 15 is 0 Å². The number of rotatable bonds is 5. The topological polar surface area (TPSA) is 148 Å². The van der Waals surface area contributed by atoms with Crippen molar-refractivity contribution in [2.45, 2.75) is 11.3 Å². The van der Waals surface area contributed by atoms with E-state index in [1.807, 2.05) is 48.5 Å². The molecule has 3 amide bonds. The summed E-state index contributed by atoms with van der Waals surface area (Å²) in [6.07, 6.45) is 1.53. The highest BCUT2D eigenvalue weighted by Crippen LogP contribution is 2.63. The molecule has 1 aliphatic heterocycles. The summed E-state index contributed by atoms with van der Waals surface area (Å²) in [6, 6.07) is 27.5. The molecule has 1 heterocycles. The number of anilines is 2. The lowest BCUT2D eigenvalue weighted by atomic mass is 9.47. The lowest BCUT2D eigenvalue weighted by Crippen LogP contribution is -2.54. The minimum absolute atomic E-state index is 0.0700. The summed E-state index contributed by atoms with van der Waals surface area (Å²) in [4.78, 5) is 53.9. The molecule has 1 fully saturated rings. The normalized spacial score (nSPS) is 23.4. The molecule has 0 unspecified atom stereocenters. The van der Waals surface area contributed by atoms with Crippen LogP contribution in [0, 0.1) is 22.0 Å². The number of carbonyl (C=O) groups is 3. The Morgan fingerprint density at radius 2 is 1.48 bits per heavy atom. The second-order valence-corrected chi connectivity index (χ2v) is 10.6. The minimum Gasteiger partial charge on any atom is -0.398 e. The van der Waals surface area contributed by atoms with E-state index in [0.29, 0.717) is 0 Å². The minimum atomic E-state index is -1.24. The highest BCUT2D eigenvalue weighted by molar-refractivity contribution is 6.25. The number of imide groups is 1. The maximum Gasteiger partial charge on any atom is 0.293 e. The summed E-state index contributed by atoms with van der Waals surface area (Å²) in [5, 5.41) is 16.3. The fourth-order valence-electron chi connectivity index (χ4n) is 7.05. The molecule has 4 aromatic rings. The number of nitrogens with zero attached hydrogens (tertiary/aromatic N) is 3. The first kappa shape index (κ1) is 25.3. The maximum absolute atomic E-state index is 14.4. The van der Waals surface area contributed by atoms with Crippen LogP contribution in [0.1, 0.15) is 38.5 Å². The quantitative estimate of drug-likeness (QED) is 0.124. The van der Waals surface area contributed by atoms with Crippen LogP contribution < -0.4 is 16.1 Å². The Balaban J connectivity index is 1.42. The van der Waals surface area contributed by atoms with Gasteiger partial charge in [0.05, 0.1) is 27.7 Å². The molecule has 206 valence electrons. The number of para-hydroxylation sites is 3. The number of carbonyl (C=O) groups excluding carboxylic acids is 3. The molecule has 8 rings (SSSR count). The van der Waals surface area contributed by atoms with Gasteiger partial charge in [-0.1, -0.05) is 72.8 Å². The van der Waals surface area contributed by atoms with Gasteiger partial charge in [-0.15, -0.1) is 0 Å².